The molecule has 158 valence electrons. The topological polar surface area (TPSA) is 63.2 Å². The van der Waals surface area contributed by atoms with E-state index in [1.54, 1.807) is 11.8 Å². The summed E-state index contributed by atoms with van der Waals surface area (Å²) in [4.78, 5) is 9.35. The van der Waals surface area contributed by atoms with Crippen molar-refractivity contribution in [3.05, 3.63) is 41.9 Å². The molecule has 2 fully saturated rings. The first kappa shape index (κ1) is 19.6. The van der Waals surface area contributed by atoms with E-state index in [4.69, 9.17) is 4.42 Å². The minimum atomic E-state index is 0.687. The number of hydrogen-bond donors (Lipinski definition) is 0. The van der Waals surface area contributed by atoms with Crippen molar-refractivity contribution >= 4 is 17.4 Å². The standard InChI is InChI=1S/C22H28N6OS/c1-15-5-7-18(8-6-15)28-12-17-11-27(13-19(17)28)9-4-10-30-22-25-24-21(26(22)3)20-16(2)23-14-29-20/h5-8,14,17,19H,4,9-13H2,1-3H3/t17-,19-/m0/s1. The van der Waals surface area contributed by atoms with Crippen molar-refractivity contribution in [3.63, 3.8) is 0 Å². The van der Waals surface area contributed by atoms with Crippen molar-refractivity contribution < 1.29 is 4.42 Å². The van der Waals surface area contributed by atoms with Crippen LogP contribution in [0.5, 0.6) is 0 Å². The summed E-state index contributed by atoms with van der Waals surface area (Å²) in [5.41, 5.74) is 3.54. The third-order valence-corrected chi connectivity index (χ3v) is 7.42. The second-order valence-electron chi connectivity index (χ2n) is 8.41. The maximum atomic E-state index is 5.46. The van der Waals surface area contributed by atoms with E-state index < -0.39 is 0 Å². The fourth-order valence-corrected chi connectivity index (χ4v) is 5.38. The lowest BCUT2D eigenvalue weighted by Crippen LogP contribution is -2.55. The van der Waals surface area contributed by atoms with Crippen LogP contribution in [0.2, 0.25) is 0 Å². The highest BCUT2D eigenvalue weighted by Gasteiger charge is 2.45. The first-order chi connectivity index (χ1) is 14.6. The highest BCUT2D eigenvalue weighted by Crippen LogP contribution is 2.36. The number of nitrogens with zero attached hydrogens (tertiary/aromatic N) is 6. The van der Waals surface area contributed by atoms with Crippen molar-refractivity contribution in [1.29, 1.82) is 0 Å². The Balaban J connectivity index is 1.09. The van der Waals surface area contributed by atoms with Gasteiger partial charge in [-0.25, -0.2) is 4.98 Å². The largest absolute Gasteiger partial charge is 0.440 e. The van der Waals surface area contributed by atoms with Crippen molar-refractivity contribution in [2.75, 3.05) is 36.8 Å². The minimum Gasteiger partial charge on any atom is -0.440 e. The molecule has 0 N–H and O–H groups in total. The van der Waals surface area contributed by atoms with Crippen molar-refractivity contribution in [3.8, 4) is 11.6 Å². The molecule has 1 aromatic carbocycles. The molecular formula is C22H28N6OS. The van der Waals surface area contributed by atoms with Crippen LogP contribution < -0.4 is 4.90 Å². The van der Waals surface area contributed by atoms with Gasteiger partial charge in [-0.1, -0.05) is 29.5 Å². The smallest absolute Gasteiger partial charge is 0.202 e. The Hall–Kier alpha value is -2.32. The number of hydrogen-bond acceptors (Lipinski definition) is 7. The van der Waals surface area contributed by atoms with Gasteiger partial charge in [-0.3, -0.25) is 0 Å². The zero-order valence-electron chi connectivity index (χ0n) is 17.8. The molecule has 0 saturated carbocycles. The van der Waals surface area contributed by atoms with Gasteiger partial charge >= 0.3 is 0 Å². The van der Waals surface area contributed by atoms with E-state index in [0.29, 0.717) is 11.8 Å². The van der Waals surface area contributed by atoms with E-state index in [0.717, 1.165) is 41.3 Å². The van der Waals surface area contributed by atoms with Gasteiger partial charge in [0.25, 0.3) is 0 Å². The quantitative estimate of drug-likeness (QED) is 0.425. The summed E-state index contributed by atoms with van der Waals surface area (Å²) in [6.45, 7) is 8.83. The molecule has 0 spiro atoms. The van der Waals surface area contributed by atoms with Gasteiger partial charge in [0.15, 0.2) is 17.3 Å². The summed E-state index contributed by atoms with van der Waals surface area (Å²) in [5.74, 6) is 3.29. The maximum Gasteiger partial charge on any atom is 0.202 e. The third-order valence-electron chi connectivity index (χ3n) is 6.31. The third kappa shape index (κ3) is 3.63. The second kappa shape index (κ2) is 8.07. The van der Waals surface area contributed by atoms with E-state index in [-0.39, 0.29) is 0 Å². The SMILES string of the molecule is Cc1ccc(N2C[C@@H]3CN(CCCSc4nnc(-c5ocnc5C)n4C)C[C@@H]32)cc1. The van der Waals surface area contributed by atoms with E-state index >= 15 is 0 Å². The lowest BCUT2D eigenvalue weighted by Gasteiger charge is -2.45. The van der Waals surface area contributed by atoms with Crippen LogP contribution in [0.3, 0.4) is 0 Å². The highest BCUT2D eigenvalue weighted by molar-refractivity contribution is 7.99. The molecule has 3 aromatic rings. The minimum absolute atomic E-state index is 0.687. The average molecular weight is 425 g/mol. The van der Waals surface area contributed by atoms with E-state index in [1.807, 2.05) is 18.5 Å². The summed E-state index contributed by atoms with van der Waals surface area (Å²) in [6.07, 6.45) is 2.60. The van der Waals surface area contributed by atoms with Gasteiger partial charge in [0.05, 0.1) is 5.69 Å². The Morgan fingerprint density at radius 2 is 1.93 bits per heavy atom. The molecule has 2 aliphatic heterocycles. The molecular weight excluding hydrogens is 396 g/mol. The van der Waals surface area contributed by atoms with Crippen LogP contribution >= 0.6 is 11.8 Å². The van der Waals surface area contributed by atoms with E-state index in [9.17, 15) is 0 Å². The zero-order valence-corrected chi connectivity index (χ0v) is 18.6. The van der Waals surface area contributed by atoms with Crippen LogP contribution in [0.1, 0.15) is 17.7 Å². The molecule has 7 nitrogen and oxygen atoms in total. The van der Waals surface area contributed by atoms with Crippen LogP contribution in [0.4, 0.5) is 5.69 Å². The molecule has 2 aliphatic rings. The van der Waals surface area contributed by atoms with Crippen molar-refractivity contribution in [2.45, 2.75) is 31.5 Å². The Morgan fingerprint density at radius 3 is 2.70 bits per heavy atom. The van der Waals surface area contributed by atoms with E-state index in [1.165, 1.54) is 37.3 Å². The molecule has 30 heavy (non-hydrogen) atoms. The van der Waals surface area contributed by atoms with Crippen LogP contribution in [0.25, 0.3) is 11.6 Å². The Kier molecular flexibility index (Phi) is 5.28. The molecule has 8 heteroatoms. The fraction of sp³-hybridized carbons (Fsp3) is 0.500. The molecule has 4 heterocycles. The summed E-state index contributed by atoms with van der Waals surface area (Å²) >= 11 is 1.76. The Morgan fingerprint density at radius 1 is 1.10 bits per heavy atom. The summed E-state index contributed by atoms with van der Waals surface area (Å²) in [5, 5.41) is 9.55. The molecule has 2 aromatic heterocycles. The molecule has 2 saturated heterocycles. The number of oxazole rings is 1. The molecule has 0 unspecified atom stereocenters. The second-order valence-corrected chi connectivity index (χ2v) is 9.47. The number of rotatable bonds is 7. The lowest BCUT2D eigenvalue weighted by molar-refractivity contribution is 0.329. The van der Waals surface area contributed by atoms with Gasteiger partial charge < -0.3 is 18.8 Å². The number of aryl methyl sites for hydroxylation is 2. The predicted molar refractivity (Wildman–Crippen MR) is 119 cm³/mol. The molecule has 5 rings (SSSR count). The Labute approximate surface area is 181 Å². The predicted octanol–water partition coefficient (Wildman–Crippen LogP) is 3.39. The summed E-state index contributed by atoms with van der Waals surface area (Å²) < 4.78 is 7.45. The number of likely N-dealkylation sites (tertiary alicyclic amines) is 1. The van der Waals surface area contributed by atoms with Gasteiger partial charge in [-0.05, 0) is 38.9 Å². The van der Waals surface area contributed by atoms with Crippen molar-refractivity contribution in [1.82, 2.24) is 24.6 Å². The molecule has 0 radical (unpaired) electrons. The first-order valence-electron chi connectivity index (χ1n) is 10.6. The van der Waals surface area contributed by atoms with Gasteiger partial charge in [-0.2, -0.15) is 0 Å². The molecule has 0 amide bonds. The average Bonchev–Trinajstić information content (AvgIpc) is 3.39. The van der Waals surface area contributed by atoms with Gasteiger partial charge in [0, 0.05) is 50.1 Å². The van der Waals surface area contributed by atoms with Gasteiger partial charge in [-0.15, -0.1) is 10.2 Å². The lowest BCUT2D eigenvalue weighted by atomic mass is 9.91. The number of anilines is 1. The summed E-state index contributed by atoms with van der Waals surface area (Å²) in [6, 6.07) is 9.65. The number of aromatic nitrogens is 4. The summed E-state index contributed by atoms with van der Waals surface area (Å²) in [7, 11) is 1.98. The molecule has 2 atom stereocenters. The molecule has 0 bridgehead atoms. The van der Waals surface area contributed by atoms with Crippen LogP contribution in [0.15, 0.2) is 40.2 Å². The van der Waals surface area contributed by atoms with Crippen LogP contribution in [-0.2, 0) is 7.05 Å². The van der Waals surface area contributed by atoms with Crippen molar-refractivity contribution in [2.24, 2.45) is 13.0 Å². The molecule has 0 aliphatic carbocycles. The van der Waals surface area contributed by atoms with Gasteiger partial charge in [0.1, 0.15) is 0 Å². The van der Waals surface area contributed by atoms with Crippen LogP contribution in [-0.4, -0.2) is 62.6 Å². The number of thioether (sulfide) groups is 1. The van der Waals surface area contributed by atoms with Gasteiger partial charge in [0.2, 0.25) is 5.82 Å². The Bertz CT molecular complexity index is 1010. The number of benzene rings is 1. The number of fused-ring (bicyclic) bond motifs is 1. The van der Waals surface area contributed by atoms with Crippen LogP contribution in [0, 0.1) is 19.8 Å². The first-order valence-corrected chi connectivity index (χ1v) is 11.6. The normalized spacial score (nSPS) is 21.1. The zero-order chi connectivity index (χ0) is 20.7. The monoisotopic (exact) mass is 424 g/mol. The highest BCUT2D eigenvalue weighted by atomic mass is 32.2. The van der Waals surface area contributed by atoms with E-state index in [2.05, 4.69) is 56.2 Å². The maximum absolute atomic E-state index is 5.46. The fourth-order valence-electron chi connectivity index (χ4n) is 4.55.